The predicted molar refractivity (Wildman–Crippen MR) is 73.6 cm³/mol. The molecule has 0 radical (unpaired) electrons. The van der Waals surface area contributed by atoms with E-state index >= 15 is 0 Å². The van der Waals surface area contributed by atoms with E-state index in [1.54, 1.807) is 7.05 Å². The van der Waals surface area contributed by atoms with Crippen LogP contribution in [-0.2, 0) is 11.3 Å². The number of nitrogens with one attached hydrogen (secondary N) is 2. The first kappa shape index (κ1) is 12.9. The van der Waals surface area contributed by atoms with Crippen LogP contribution in [0.2, 0.25) is 0 Å². The van der Waals surface area contributed by atoms with E-state index in [1.165, 1.54) is 5.56 Å². The molecule has 1 aromatic rings. The zero-order chi connectivity index (χ0) is 13.1. The summed E-state index contributed by atoms with van der Waals surface area (Å²) in [7, 11) is 1.68. The Hall–Kier alpha value is -1.55. The number of rotatable bonds is 2. The second kappa shape index (κ2) is 5.40. The number of likely N-dealkylation sites (N-methyl/N-ethyl adjacent to an activating group) is 1. The summed E-state index contributed by atoms with van der Waals surface area (Å²) < 4.78 is 0. The van der Waals surface area contributed by atoms with Crippen molar-refractivity contribution in [1.82, 2.24) is 10.6 Å². The molecule has 98 valence electrons. The Morgan fingerprint density at radius 3 is 2.94 bits per heavy atom. The molecule has 0 saturated heterocycles. The van der Waals surface area contributed by atoms with Crippen molar-refractivity contribution in [1.29, 1.82) is 0 Å². The number of benzene rings is 1. The van der Waals surface area contributed by atoms with E-state index in [0.29, 0.717) is 6.04 Å². The average Bonchev–Trinajstić information content (AvgIpc) is 2.57. The number of hydrogen-bond donors (Lipinski definition) is 2. The highest BCUT2D eigenvalue weighted by molar-refractivity contribution is 5.85. The van der Waals surface area contributed by atoms with Crippen LogP contribution in [0.1, 0.15) is 19.4 Å². The lowest BCUT2D eigenvalue weighted by Crippen LogP contribution is -2.47. The van der Waals surface area contributed by atoms with E-state index < -0.39 is 0 Å². The molecule has 4 heteroatoms. The van der Waals surface area contributed by atoms with Crippen molar-refractivity contribution in [3.8, 4) is 0 Å². The molecule has 1 aliphatic heterocycles. The summed E-state index contributed by atoms with van der Waals surface area (Å²) >= 11 is 0. The Morgan fingerprint density at radius 1 is 1.50 bits per heavy atom. The molecule has 0 saturated carbocycles. The Balaban J connectivity index is 2.35. The van der Waals surface area contributed by atoms with Crippen LogP contribution in [-0.4, -0.2) is 31.6 Å². The third-order valence-electron chi connectivity index (χ3n) is 3.51. The second-order valence-electron chi connectivity index (χ2n) is 4.85. The maximum absolute atomic E-state index is 11.9. The van der Waals surface area contributed by atoms with Gasteiger partial charge < -0.3 is 15.5 Å². The highest BCUT2D eigenvalue weighted by Gasteiger charge is 2.26. The van der Waals surface area contributed by atoms with Crippen LogP contribution in [0.25, 0.3) is 0 Å². The van der Waals surface area contributed by atoms with E-state index in [9.17, 15) is 4.79 Å². The summed E-state index contributed by atoms with van der Waals surface area (Å²) in [6.07, 6.45) is 0. The molecule has 0 spiro atoms. The Kier molecular flexibility index (Phi) is 3.87. The number of para-hydroxylation sites is 1. The molecule has 0 aliphatic carbocycles. The maximum Gasteiger partial charge on any atom is 0.242 e. The highest BCUT2D eigenvalue weighted by atomic mass is 16.2. The normalized spacial score (nSPS) is 20.8. The number of amides is 1. The maximum atomic E-state index is 11.9. The molecule has 2 atom stereocenters. The minimum absolute atomic E-state index is 0.0545. The zero-order valence-electron chi connectivity index (χ0n) is 11.2. The van der Waals surface area contributed by atoms with Gasteiger partial charge in [-0.25, -0.2) is 0 Å². The van der Waals surface area contributed by atoms with Crippen molar-refractivity contribution in [3.63, 3.8) is 0 Å². The minimum Gasteiger partial charge on any atom is -0.358 e. The van der Waals surface area contributed by atoms with Gasteiger partial charge in [0.2, 0.25) is 5.91 Å². The minimum atomic E-state index is -0.154. The fraction of sp³-hybridized carbons (Fsp3) is 0.500. The Morgan fingerprint density at radius 2 is 2.22 bits per heavy atom. The molecule has 1 heterocycles. The monoisotopic (exact) mass is 247 g/mol. The van der Waals surface area contributed by atoms with Gasteiger partial charge in [-0.15, -0.1) is 0 Å². The van der Waals surface area contributed by atoms with E-state index in [0.717, 1.165) is 18.8 Å². The Labute approximate surface area is 108 Å². The summed E-state index contributed by atoms with van der Waals surface area (Å²) in [4.78, 5) is 14.0. The summed E-state index contributed by atoms with van der Waals surface area (Å²) in [6, 6.07) is 8.48. The number of nitrogens with zero attached hydrogens (tertiary/aromatic N) is 1. The van der Waals surface area contributed by atoms with Crippen molar-refractivity contribution < 1.29 is 4.79 Å². The zero-order valence-corrected chi connectivity index (χ0v) is 11.2. The fourth-order valence-electron chi connectivity index (χ4n) is 2.40. The van der Waals surface area contributed by atoms with Gasteiger partial charge in [0.25, 0.3) is 0 Å². The van der Waals surface area contributed by atoms with Crippen LogP contribution in [0, 0.1) is 0 Å². The lowest BCUT2D eigenvalue weighted by Gasteiger charge is -2.31. The van der Waals surface area contributed by atoms with Crippen LogP contribution in [0.4, 0.5) is 5.69 Å². The summed E-state index contributed by atoms with van der Waals surface area (Å²) in [5, 5.41) is 6.20. The molecule has 18 heavy (non-hydrogen) atoms. The third kappa shape index (κ3) is 2.48. The standard InChI is InChI=1S/C14H21N3O/c1-10-9-17(11(2)14(18)15-3)13-7-5-4-6-12(13)8-16-10/h4-7,10-11,16H,8-9H2,1-3H3,(H,15,18). The quantitative estimate of drug-likeness (QED) is 0.823. The van der Waals surface area contributed by atoms with Crippen molar-refractivity contribution in [2.24, 2.45) is 0 Å². The topological polar surface area (TPSA) is 44.4 Å². The van der Waals surface area contributed by atoms with Gasteiger partial charge >= 0.3 is 0 Å². The molecule has 0 aromatic heterocycles. The molecular weight excluding hydrogens is 226 g/mol. The number of carbonyl (C=O) groups excluding carboxylic acids is 1. The lowest BCUT2D eigenvalue weighted by molar-refractivity contribution is -0.121. The van der Waals surface area contributed by atoms with Crippen LogP contribution in [0.3, 0.4) is 0 Å². The molecule has 2 rings (SSSR count). The van der Waals surface area contributed by atoms with E-state index in [1.807, 2.05) is 19.1 Å². The van der Waals surface area contributed by atoms with Gasteiger partial charge in [-0.3, -0.25) is 4.79 Å². The van der Waals surface area contributed by atoms with Crippen molar-refractivity contribution in [2.45, 2.75) is 32.5 Å². The van der Waals surface area contributed by atoms with Crippen molar-refractivity contribution in [2.75, 3.05) is 18.5 Å². The third-order valence-corrected chi connectivity index (χ3v) is 3.51. The van der Waals surface area contributed by atoms with Crippen molar-refractivity contribution >= 4 is 11.6 Å². The number of carbonyl (C=O) groups is 1. The molecule has 2 N–H and O–H groups in total. The predicted octanol–water partition coefficient (Wildman–Crippen LogP) is 1.12. The number of fused-ring (bicyclic) bond motifs is 1. The first-order valence-electron chi connectivity index (χ1n) is 6.43. The van der Waals surface area contributed by atoms with Crippen LogP contribution >= 0.6 is 0 Å². The van der Waals surface area contributed by atoms with Gasteiger partial charge in [-0.1, -0.05) is 18.2 Å². The lowest BCUT2D eigenvalue weighted by atomic mass is 10.1. The van der Waals surface area contributed by atoms with Gasteiger partial charge in [-0.05, 0) is 25.5 Å². The van der Waals surface area contributed by atoms with Crippen LogP contribution < -0.4 is 15.5 Å². The van der Waals surface area contributed by atoms with Crippen molar-refractivity contribution in [3.05, 3.63) is 29.8 Å². The Bertz CT molecular complexity index is 433. The molecule has 4 nitrogen and oxygen atoms in total. The van der Waals surface area contributed by atoms with Gasteiger partial charge in [0.15, 0.2) is 0 Å². The summed E-state index contributed by atoms with van der Waals surface area (Å²) in [5.41, 5.74) is 2.41. The molecule has 2 unspecified atom stereocenters. The fourth-order valence-corrected chi connectivity index (χ4v) is 2.40. The molecule has 1 amide bonds. The summed E-state index contributed by atoms with van der Waals surface area (Å²) in [6.45, 7) is 5.79. The molecular formula is C14H21N3O. The first-order valence-corrected chi connectivity index (χ1v) is 6.43. The first-order chi connectivity index (χ1) is 8.63. The highest BCUT2D eigenvalue weighted by Crippen LogP contribution is 2.25. The van der Waals surface area contributed by atoms with Gasteiger partial charge in [-0.2, -0.15) is 0 Å². The summed E-state index contributed by atoms with van der Waals surface area (Å²) in [5.74, 6) is 0.0545. The van der Waals surface area contributed by atoms with Gasteiger partial charge in [0, 0.05) is 31.9 Å². The van der Waals surface area contributed by atoms with Crippen LogP contribution in [0.5, 0.6) is 0 Å². The second-order valence-corrected chi connectivity index (χ2v) is 4.85. The molecule has 1 aliphatic rings. The molecule has 0 fully saturated rings. The van der Waals surface area contributed by atoms with E-state index in [4.69, 9.17) is 0 Å². The van der Waals surface area contributed by atoms with E-state index in [-0.39, 0.29) is 11.9 Å². The average molecular weight is 247 g/mol. The molecule has 1 aromatic carbocycles. The van der Waals surface area contributed by atoms with E-state index in [2.05, 4.69) is 34.6 Å². The smallest absolute Gasteiger partial charge is 0.242 e. The SMILES string of the molecule is CNC(=O)C(C)N1CC(C)NCc2ccccc21. The van der Waals surface area contributed by atoms with Gasteiger partial charge in [0.05, 0.1) is 0 Å². The number of anilines is 1. The largest absolute Gasteiger partial charge is 0.358 e. The van der Waals surface area contributed by atoms with Gasteiger partial charge in [0.1, 0.15) is 6.04 Å². The van der Waals surface area contributed by atoms with Crippen LogP contribution in [0.15, 0.2) is 24.3 Å². The molecule has 0 bridgehead atoms. The number of hydrogen-bond acceptors (Lipinski definition) is 3.